The summed E-state index contributed by atoms with van der Waals surface area (Å²) in [5, 5.41) is 18.1. The van der Waals surface area contributed by atoms with E-state index in [1.807, 2.05) is 20.2 Å². The van der Waals surface area contributed by atoms with Crippen LogP contribution in [0.15, 0.2) is 18.3 Å². The monoisotopic (exact) mass is 261 g/mol. The standard InChI is InChI=1S/C12H15N5O2/c1-8-10(7-16(3)15-8)6-13-12-5-4-11(17(18)19)9(2)14-12/h4-5,7H,6H2,1-3H3,(H,13,14). The fraction of sp³-hybridized carbons (Fsp3) is 0.333. The predicted molar refractivity (Wildman–Crippen MR) is 70.9 cm³/mol. The quantitative estimate of drug-likeness (QED) is 0.671. The molecule has 0 bridgehead atoms. The van der Waals surface area contributed by atoms with Gasteiger partial charge in [-0.15, -0.1) is 0 Å². The first-order valence-corrected chi connectivity index (χ1v) is 5.82. The van der Waals surface area contributed by atoms with E-state index in [9.17, 15) is 10.1 Å². The van der Waals surface area contributed by atoms with Gasteiger partial charge in [0.1, 0.15) is 11.5 Å². The van der Waals surface area contributed by atoms with E-state index in [-0.39, 0.29) is 5.69 Å². The third-order valence-electron chi connectivity index (χ3n) is 2.83. The zero-order chi connectivity index (χ0) is 14.0. The topological polar surface area (TPSA) is 85.9 Å². The van der Waals surface area contributed by atoms with Crippen LogP contribution in [-0.2, 0) is 13.6 Å². The van der Waals surface area contributed by atoms with E-state index in [1.54, 1.807) is 17.7 Å². The summed E-state index contributed by atoms with van der Waals surface area (Å²) in [4.78, 5) is 14.4. The molecule has 0 saturated heterocycles. The summed E-state index contributed by atoms with van der Waals surface area (Å²) >= 11 is 0. The highest BCUT2D eigenvalue weighted by molar-refractivity contribution is 5.45. The molecule has 2 aromatic heterocycles. The summed E-state index contributed by atoms with van der Waals surface area (Å²) < 4.78 is 1.75. The van der Waals surface area contributed by atoms with Crippen molar-refractivity contribution in [2.75, 3.05) is 5.32 Å². The molecule has 2 heterocycles. The largest absolute Gasteiger partial charge is 0.366 e. The number of rotatable bonds is 4. The molecule has 1 N–H and O–H groups in total. The van der Waals surface area contributed by atoms with Crippen molar-refractivity contribution in [2.24, 2.45) is 7.05 Å². The normalized spacial score (nSPS) is 10.5. The van der Waals surface area contributed by atoms with Gasteiger partial charge in [0.15, 0.2) is 0 Å². The molecule has 0 fully saturated rings. The van der Waals surface area contributed by atoms with Gasteiger partial charge in [-0.3, -0.25) is 14.8 Å². The molecule has 7 heteroatoms. The Morgan fingerprint density at radius 2 is 2.11 bits per heavy atom. The van der Waals surface area contributed by atoms with E-state index in [0.29, 0.717) is 18.1 Å². The van der Waals surface area contributed by atoms with Gasteiger partial charge in [-0.2, -0.15) is 5.10 Å². The number of aromatic nitrogens is 3. The fourth-order valence-electron chi connectivity index (χ4n) is 1.85. The number of hydrogen-bond acceptors (Lipinski definition) is 5. The van der Waals surface area contributed by atoms with Crippen molar-refractivity contribution >= 4 is 11.5 Å². The van der Waals surface area contributed by atoms with Crippen LogP contribution in [0.5, 0.6) is 0 Å². The van der Waals surface area contributed by atoms with Gasteiger partial charge in [0.05, 0.1) is 10.6 Å². The van der Waals surface area contributed by atoms with Crippen LogP contribution in [0.3, 0.4) is 0 Å². The minimum Gasteiger partial charge on any atom is -0.366 e. The van der Waals surface area contributed by atoms with E-state index in [4.69, 9.17) is 0 Å². The lowest BCUT2D eigenvalue weighted by atomic mass is 10.2. The highest BCUT2D eigenvalue weighted by Crippen LogP contribution is 2.18. The molecule has 0 aliphatic heterocycles. The zero-order valence-electron chi connectivity index (χ0n) is 11.0. The molecule has 0 aromatic carbocycles. The molecule has 0 amide bonds. The van der Waals surface area contributed by atoms with Crippen LogP contribution in [0.1, 0.15) is 17.0 Å². The van der Waals surface area contributed by atoms with Gasteiger partial charge in [0.2, 0.25) is 0 Å². The Labute approximate surface area is 110 Å². The van der Waals surface area contributed by atoms with Gasteiger partial charge < -0.3 is 5.32 Å². The van der Waals surface area contributed by atoms with E-state index in [2.05, 4.69) is 15.4 Å². The fourth-order valence-corrected chi connectivity index (χ4v) is 1.85. The molecule has 0 aliphatic rings. The number of aryl methyl sites for hydroxylation is 3. The van der Waals surface area contributed by atoms with Crippen LogP contribution < -0.4 is 5.32 Å². The second-order valence-electron chi connectivity index (χ2n) is 4.33. The first-order chi connectivity index (χ1) is 8.97. The van der Waals surface area contributed by atoms with E-state index in [0.717, 1.165) is 11.3 Å². The molecule has 0 aliphatic carbocycles. The lowest BCUT2D eigenvalue weighted by Crippen LogP contribution is -2.03. The maximum Gasteiger partial charge on any atom is 0.290 e. The van der Waals surface area contributed by atoms with Crippen LogP contribution >= 0.6 is 0 Å². The maximum atomic E-state index is 10.7. The van der Waals surface area contributed by atoms with Gasteiger partial charge in [0, 0.05) is 31.4 Å². The number of hydrogen-bond donors (Lipinski definition) is 1. The highest BCUT2D eigenvalue weighted by Gasteiger charge is 2.11. The van der Waals surface area contributed by atoms with Crippen molar-refractivity contribution in [1.82, 2.24) is 14.8 Å². The minimum atomic E-state index is -0.433. The van der Waals surface area contributed by atoms with Crippen LogP contribution in [-0.4, -0.2) is 19.7 Å². The van der Waals surface area contributed by atoms with Crippen LogP contribution in [0.25, 0.3) is 0 Å². The molecule has 100 valence electrons. The molecule has 19 heavy (non-hydrogen) atoms. The first kappa shape index (κ1) is 13.0. The zero-order valence-corrected chi connectivity index (χ0v) is 11.0. The Bertz CT molecular complexity index is 621. The van der Waals surface area contributed by atoms with Crippen molar-refractivity contribution in [3.8, 4) is 0 Å². The Morgan fingerprint density at radius 1 is 1.37 bits per heavy atom. The van der Waals surface area contributed by atoms with Crippen molar-refractivity contribution in [3.63, 3.8) is 0 Å². The second-order valence-corrected chi connectivity index (χ2v) is 4.33. The van der Waals surface area contributed by atoms with E-state index < -0.39 is 4.92 Å². The van der Waals surface area contributed by atoms with Crippen LogP contribution in [0.2, 0.25) is 0 Å². The lowest BCUT2D eigenvalue weighted by Gasteiger charge is -2.05. The molecule has 0 saturated carbocycles. The number of nitrogens with zero attached hydrogens (tertiary/aromatic N) is 4. The van der Waals surface area contributed by atoms with Crippen molar-refractivity contribution in [1.29, 1.82) is 0 Å². The summed E-state index contributed by atoms with van der Waals surface area (Å²) in [7, 11) is 1.87. The van der Waals surface area contributed by atoms with Gasteiger partial charge in [-0.05, 0) is 19.9 Å². The third kappa shape index (κ3) is 2.87. The summed E-state index contributed by atoms with van der Waals surface area (Å²) in [5.74, 6) is 0.617. The summed E-state index contributed by atoms with van der Waals surface area (Å²) in [6.07, 6.45) is 1.93. The summed E-state index contributed by atoms with van der Waals surface area (Å²) in [6.45, 7) is 4.15. The molecule has 7 nitrogen and oxygen atoms in total. The number of nitrogens with one attached hydrogen (secondary N) is 1. The van der Waals surface area contributed by atoms with Crippen LogP contribution in [0, 0.1) is 24.0 Å². The van der Waals surface area contributed by atoms with Gasteiger partial charge in [-0.1, -0.05) is 0 Å². The molecular formula is C12H15N5O2. The SMILES string of the molecule is Cc1nn(C)cc1CNc1ccc([N+](=O)[O-])c(C)n1. The van der Waals surface area contributed by atoms with Crippen molar-refractivity contribution < 1.29 is 4.92 Å². The Hall–Kier alpha value is -2.44. The van der Waals surface area contributed by atoms with Gasteiger partial charge in [0.25, 0.3) is 5.69 Å². The third-order valence-corrected chi connectivity index (χ3v) is 2.83. The molecule has 2 aromatic rings. The van der Waals surface area contributed by atoms with Crippen molar-refractivity contribution in [2.45, 2.75) is 20.4 Å². The Balaban J connectivity index is 2.10. The first-order valence-electron chi connectivity index (χ1n) is 5.82. The molecule has 0 radical (unpaired) electrons. The number of pyridine rings is 1. The Morgan fingerprint density at radius 3 is 2.63 bits per heavy atom. The lowest BCUT2D eigenvalue weighted by molar-refractivity contribution is -0.385. The second kappa shape index (κ2) is 5.05. The maximum absolute atomic E-state index is 10.7. The summed E-state index contributed by atoms with van der Waals surface area (Å²) in [5.41, 5.74) is 2.45. The van der Waals surface area contributed by atoms with E-state index >= 15 is 0 Å². The summed E-state index contributed by atoms with van der Waals surface area (Å²) in [6, 6.07) is 3.07. The smallest absolute Gasteiger partial charge is 0.290 e. The highest BCUT2D eigenvalue weighted by atomic mass is 16.6. The number of anilines is 1. The van der Waals surface area contributed by atoms with Gasteiger partial charge in [-0.25, -0.2) is 4.98 Å². The predicted octanol–water partition coefficient (Wildman–Crippen LogP) is 1.95. The molecule has 0 atom stereocenters. The molecular weight excluding hydrogens is 246 g/mol. The van der Waals surface area contributed by atoms with Gasteiger partial charge >= 0.3 is 0 Å². The van der Waals surface area contributed by atoms with E-state index in [1.165, 1.54) is 6.07 Å². The average molecular weight is 261 g/mol. The molecule has 0 unspecified atom stereocenters. The Kier molecular flexibility index (Phi) is 3.46. The molecule has 2 rings (SSSR count). The minimum absolute atomic E-state index is 0.0307. The average Bonchev–Trinajstić information content (AvgIpc) is 2.65. The number of nitro groups is 1. The molecule has 0 spiro atoms. The van der Waals surface area contributed by atoms with Crippen LogP contribution in [0.4, 0.5) is 11.5 Å². The van der Waals surface area contributed by atoms with Crippen molar-refractivity contribution in [3.05, 3.63) is 45.4 Å².